The predicted molar refractivity (Wildman–Crippen MR) is 52.9 cm³/mol. The van der Waals surface area contributed by atoms with E-state index in [-0.39, 0.29) is 17.0 Å². The molecule has 0 atom stereocenters. The Kier molecular flexibility index (Phi) is 2.89. The highest BCUT2D eigenvalue weighted by atomic mass is 16.6. The van der Waals surface area contributed by atoms with Crippen molar-refractivity contribution in [1.82, 2.24) is 0 Å². The van der Waals surface area contributed by atoms with Crippen molar-refractivity contribution in [3.63, 3.8) is 0 Å². The average Bonchev–Trinajstić information content (AvgIpc) is 2.16. The number of aryl methyl sites for hydroxylation is 1. The summed E-state index contributed by atoms with van der Waals surface area (Å²) in [6.07, 6.45) is 0. The topological polar surface area (TPSA) is 95.5 Å². The van der Waals surface area contributed by atoms with Crippen LogP contribution in [-0.4, -0.2) is 17.9 Å². The van der Waals surface area contributed by atoms with Gasteiger partial charge in [0.25, 0.3) is 0 Å². The number of rotatable bonds is 3. The number of hydrogen-bond acceptors (Lipinski definition) is 4. The van der Waals surface area contributed by atoms with Crippen molar-refractivity contribution < 1.29 is 14.5 Å². The largest absolute Gasteiger partial charge is 0.490 e. The summed E-state index contributed by atoms with van der Waals surface area (Å²) in [6, 6.07) is 2.54. The summed E-state index contributed by atoms with van der Waals surface area (Å²) in [5.41, 5.74) is 5.59. The number of nitro benzene ring substituents is 1. The lowest BCUT2D eigenvalue weighted by molar-refractivity contribution is -0.385. The van der Waals surface area contributed by atoms with Gasteiger partial charge < -0.3 is 10.5 Å². The van der Waals surface area contributed by atoms with Gasteiger partial charge in [0.2, 0.25) is 5.91 Å². The molecule has 0 bridgehead atoms. The molecule has 0 aromatic heterocycles. The minimum absolute atomic E-state index is 0.0272. The van der Waals surface area contributed by atoms with Gasteiger partial charge in [0, 0.05) is 17.7 Å². The summed E-state index contributed by atoms with van der Waals surface area (Å²) in [5.74, 6) is -0.611. The van der Waals surface area contributed by atoms with Gasteiger partial charge in [0.15, 0.2) is 5.75 Å². The van der Waals surface area contributed by atoms with E-state index in [4.69, 9.17) is 10.5 Å². The van der Waals surface area contributed by atoms with Crippen LogP contribution in [0.1, 0.15) is 15.9 Å². The highest BCUT2D eigenvalue weighted by molar-refractivity contribution is 5.95. The zero-order valence-corrected chi connectivity index (χ0v) is 8.31. The first-order valence-electron chi connectivity index (χ1n) is 4.10. The molecule has 0 fully saturated rings. The van der Waals surface area contributed by atoms with Crippen LogP contribution in [0, 0.1) is 17.0 Å². The third kappa shape index (κ3) is 2.04. The molecule has 1 amide bonds. The molecule has 6 heteroatoms. The lowest BCUT2D eigenvalue weighted by atomic mass is 10.1. The van der Waals surface area contributed by atoms with Gasteiger partial charge in [-0.2, -0.15) is 0 Å². The molecule has 1 aromatic carbocycles. The second kappa shape index (κ2) is 3.95. The summed E-state index contributed by atoms with van der Waals surface area (Å²) in [7, 11) is 1.29. The fourth-order valence-corrected chi connectivity index (χ4v) is 1.24. The summed E-state index contributed by atoms with van der Waals surface area (Å²) >= 11 is 0. The van der Waals surface area contributed by atoms with Gasteiger partial charge in [-0.3, -0.25) is 14.9 Å². The molecule has 0 aliphatic rings. The van der Waals surface area contributed by atoms with Crippen LogP contribution in [0.15, 0.2) is 12.1 Å². The number of ether oxygens (including phenoxy) is 1. The molecule has 6 nitrogen and oxygen atoms in total. The molecular weight excluding hydrogens is 200 g/mol. The van der Waals surface area contributed by atoms with E-state index in [1.54, 1.807) is 6.92 Å². The molecule has 0 radical (unpaired) electrons. The van der Waals surface area contributed by atoms with Gasteiger partial charge in [0.1, 0.15) is 0 Å². The number of primary amides is 1. The van der Waals surface area contributed by atoms with Crippen molar-refractivity contribution >= 4 is 11.6 Å². The number of benzene rings is 1. The first-order valence-corrected chi connectivity index (χ1v) is 4.10. The zero-order chi connectivity index (χ0) is 11.6. The number of amides is 1. The van der Waals surface area contributed by atoms with Crippen molar-refractivity contribution in [3.05, 3.63) is 33.4 Å². The second-order valence-electron chi connectivity index (χ2n) is 2.96. The fraction of sp³-hybridized carbons (Fsp3) is 0.222. The van der Waals surface area contributed by atoms with E-state index in [0.29, 0.717) is 5.56 Å². The maximum Gasteiger partial charge on any atom is 0.311 e. The molecule has 1 aromatic rings. The van der Waals surface area contributed by atoms with Crippen molar-refractivity contribution in [1.29, 1.82) is 0 Å². The van der Waals surface area contributed by atoms with E-state index >= 15 is 0 Å². The van der Waals surface area contributed by atoms with Gasteiger partial charge in [0.05, 0.1) is 12.0 Å². The Morgan fingerprint density at radius 2 is 2.13 bits per heavy atom. The SMILES string of the molecule is COc1cc(C(N)=O)c(C)cc1[N+](=O)[O-]. The number of carbonyl (C=O) groups is 1. The Bertz CT molecular complexity index is 428. The molecule has 2 N–H and O–H groups in total. The molecule has 15 heavy (non-hydrogen) atoms. The highest BCUT2D eigenvalue weighted by Crippen LogP contribution is 2.29. The molecule has 0 saturated heterocycles. The third-order valence-corrected chi connectivity index (χ3v) is 1.99. The molecular formula is C9H10N2O4. The molecule has 80 valence electrons. The fourth-order valence-electron chi connectivity index (χ4n) is 1.24. The molecule has 0 heterocycles. The van der Waals surface area contributed by atoms with Crippen molar-refractivity contribution in [2.24, 2.45) is 5.73 Å². The van der Waals surface area contributed by atoms with Gasteiger partial charge >= 0.3 is 5.69 Å². The molecule has 0 spiro atoms. The first-order chi connectivity index (χ1) is 6.97. The minimum atomic E-state index is -0.638. The second-order valence-corrected chi connectivity index (χ2v) is 2.96. The van der Waals surface area contributed by atoms with Crippen LogP contribution < -0.4 is 10.5 Å². The Labute approximate surface area is 85.8 Å². The highest BCUT2D eigenvalue weighted by Gasteiger charge is 2.18. The van der Waals surface area contributed by atoms with Crippen LogP contribution in [0.25, 0.3) is 0 Å². The molecule has 0 saturated carbocycles. The van der Waals surface area contributed by atoms with Crippen LogP contribution >= 0.6 is 0 Å². The molecule has 0 unspecified atom stereocenters. The maximum absolute atomic E-state index is 11.0. The van der Waals surface area contributed by atoms with Gasteiger partial charge in [-0.15, -0.1) is 0 Å². The van der Waals surface area contributed by atoms with Crippen LogP contribution in [-0.2, 0) is 0 Å². The quantitative estimate of drug-likeness (QED) is 0.594. The van der Waals surface area contributed by atoms with Crippen molar-refractivity contribution in [2.75, 3.05) is 7.11 Å². The zero-order valence-electron chi connectivity index (χ0n) is 8.31. The van der Waals surface area contributed by atoms with Crippen LogP contribution in [0.4, 0.5) is 5.69 Å². The van der Waals surface area contributed by atoms with Gasteiger partial charge in [-0.1, -0.05) is 0 Å². The summed E-state index contributed by atoms with van der Waals surface area (Å²) in [6.45, 7) is 1.58. The van der Waals surface area contributed by atoms with Crippen LogP contribution in [0.5, 0.6) is 5.75 Å². The van der Waals surface area contributed by atoms with E-state index in [9.17, 15) is 14.9 Å². The number of nitro groups is 1. The summed E-state index contributed by atoms with van der Waals surface area (Å²) in [5, 5.41) is 10.6. The lowest BCUT2D eigenvalue weighted by Crippen LogP contribution is -2.13. The number of hydrogen-bond donors (Lipinski definition) is 1. The van der Waals surface area contributed by atoms with Crippen LogP contribution in [0.2, 0.25) is 0 Å². The number of methoxy groups -OCH3 is 1. The van der Waals surface area contributed by atoms with E-state index in [1.165, 1.54) is 19.2 Å². The molecule has 1 rings (SSSR count). The van der Waals surface area contributed by atoms with Gasteiger partial charge in [-0.05, 0) is 12.5 Å². The number of carbonyl (C=O) groups excluding carboxylic acids is 1. The van der Waals surface area contributed by atoms with E-state index in [0.717, 1.165) is 0 Å². The first kappa shape index (κ1) is 11.0. The predicted octanol–water partition coefficient (Wildman–Crippen LogP) is 1.01. The maximum atomic E-state index is 11.0. The van der Waals surface area contributed by atoms with Crippen LogP contribution in [0.3, 0.4) is 0 Å². The lowest BCUT2D eigenvalue weighted by Gasteiger charge is -2.06. The van der Waals surface area contributed by atoms with E-state index < -0.39 is 10.8 Å². The Morgan fingerprint density at radius 3 is 2.53 bits per heavy atom. The molecule has 0 aliphatic heterocycles. The standard InChI is InChI=1S/C9H10N2O4/c1-5-3-7(11(13)14)8(15-2)4-6(5)9(10)12/h3-4H,1-2H3,(H2,10,12). The molecule has 0 aliphatic carbocycles. The normalized spacial score (nSPS) is 9.73. The van der Waals surface area contributed by atoms with Gasteiger partial charge in [-0.25, -0.2) is 0 Å². The third-order valence-electron chi connectivity index (χ3n) is 1.99. The number of nitrogens with two attached hydrogens (primary N) is 1. The van der Waals surface area contributed by atoms with E-state index in [1.807, 2.05) is 0 Å². The monoisotopic (exact) mass is 210 g/mol. The summed E-state index contributed by atoms with van der Waals surface area (Å²) in [4.78, 5) is 21.0. The Hall–Kier alpha value is -2.11. The minimum Gasteiger partial charge on any atom is -0.490 e. The number of nitrogens with zero attached hydrogens (tertiary/aromatic N) is 1. The van der Waals surface area contributed by atoms with Crippen molar-refractivity contribution in [2.45, 2.75) is 6.92 Å². The van der Waals surface area contributed by atoms with E-state index in [2.05, 4.69) is 0 Å². The average molecular weight is 210 g/mol. The Morgan fingerprint density at radius 1 is 1.53 bits per heavy atom. The summed E-state index contributed by atoms with van der Waals surface area (Å²) < 4.78 is 4.80. The Balaban J connectivity index is 3.42. The van der Waals surface area contributed by atoms with Crippen molar-refractivity contribution in [3.8, 4) is 5.75 Å². The smallest absolute Gasteiger partial charge is 0.311 e.